The molecule has 1 saturated heterocycles. The Balaban J connectivity index is 1.91. The Morgan fingerprint density at radius 1 is 1.62 bits per heavy atom. The van der Waals surface area contributed by atoms with E-state index in [1.54, 1.807) is 0 Å². The molecule has 1 amide bonds. The van der Waals surface area contributed by atoms with Gasteiger partial charge in [0.15, 0.2) is 0 Å². The normalized spacial score (nSPS) is 21.8. The molecular formula is C8H17N3O2. The molecule has 5 heteroatoms. The van der Waals surface area contributed by atoms with Gasteiger partial charge < -0.3 is 10.1 Å². The second-order valence-corrected chi connectivity index (χ2v) is 3.16. The first-order valence-electron chi connectivity index (χ1n) is 4.64. The zero-order valence-corrected chi connectivity index (χ0v) is 7.71. The van der Waals surface area contributed by atoms with Crippen molar-refractivity contribution < 1.29 is 9.53 Å². The van der Waals surface area contributed by atoms with Crippen molar-refractivity contribution in [1.82, 2.24) is 10.7 Å². The fraction of sp³-hybridized carbons (Fsp3) is 0.875. The standard InChI is InChI=1S/C8H17N3O2/c9-11-8(12)3-4-10-6-7-2-1-5-13-7/h7,10H,1-6,9H2,(H,11,12). The summed E-state index contributed by atoms with van der Waals surface area (Å²) in [6, 6.07) is 0. The molecule has 1 rings (SSSR count). The zero-order valence-electron chi connectivity index (χ0n) is 7.71. The van der Waals surface area contributed by atoms with E-state index in [9.17, 15) is 4.79 Å². The molecule has 1 unspecified atom stereocenters. The first-order valence-corrected chi connectivity index (χ1v) is 4.64. The van der Waals surface area contributed by atoms with Crippen molar-refractivity contribution in [3.63, 3.8) is 0 Å². The summed E-state index contributed by atoms with van der Waals surface area (Å²) in [5, 5.41) is 3.15. The number of carbonyl (C=O) groups excluding carboxylic acids is 1. The fourth-order valence-electron chi connectivity index (χ4n) is 1.34. The lowest BCUT2D eigenvalue weighted by Gasteiger charge is -2.09. The first kappa shape index (κ1) is 10.4. The molecule has 0 aromatic heterocycles. The third kappa shape index (κ3) is 4.21. The molecule has 1 heterocycles. The molecule has 0 aromatic carbocycles. The lowest BCUT2D eigenvalue weighted by Crippen LogP contribution is -2.34. The molecule has 1 atom stereocenters. The minimum Gasteiger partial charge on any atom is -0.377 e. The highest BCUT2D eigenvalue weighted by Crippen LogP contribution is 2.10. The van der Waals surface area contributed by atoms with Crippen molar-refractivity contribution in [2.24, 2.45) is 5.84 Å². The van der Waals surface area contributed by atoms with Crippen LogP contribution in [-0.4, -0.2) is 31.7 Å². The maximum atomic E-state index is 10.7. The van der Waals surface area contributed by atoms with Crippen LogP contribution >= 0.6 is 0 Å². The predicted molar refractivity (Wildman–Crippen MR) is 48.8 cm³/mol. The van der Waals surface area contributed by atoms with E-state index >= 15 is 0 Å². The van der Waals surface area contributed by atoms with E-state index in [2.05, 4.69) is 10.7 Å². The predicted octanol–water partition coefficient (Wildman–Crippen LogP) is -0.865. The second-order valence-electron chi connectivity index (χ2n) is 3.16. The summed E-state index contributed by atoms with van der Waals surface area (Å²) in [4.78, 5) is 10.7. The Kier molecular flexibility index (Phi) is 4.74. The molecule has 4 N–H and O–H groups in total. The van der Waals surface area contributed by atoms with Gasteiger partial charge in [0.05, 0.1) is 6.10 Å². The Bertz CT molecular complexity index is 157. The molecule has 13 heavy (non-hydrogen) atoms. The molecule has 5 nitrogen and oxygen atoms in total. The fourth-order valence-corrected chi connectivity index (χ4v) is 1.34. The summed E-state index contributed by atoms with van der Waals surface area (Å²) in [5.41, 5.74) is 2.08. The third-order valence-electron chi connectivity index (χ3n) is 2.09. The third-order valence-corrected chi connectivity index (χ3v) is 2.09. The summed E-state index contributed by atoms with van der Waals surface area (Å²) < 4.78 is 5.40. The summed E-state index contributed by atoms with van der Waals surface area (Å²) >= 11 is 0. The van der Waals surface area contributed by atoms with Gasteiger partial charge >= 0.3 is 0 Å². The van der Waals surface area contributed by atoms with Crippen LogP contribution in [0.25, 0.3) is 0 Å². The summed E-state index contributed by atoms with van der Waals surface area (Å²) in [6.07, 6.45) is 3.02. The van der Waals surface area contributed by atoms with E-state index in [-0.39, 0.29) is 5.91 Å². The summed E-state index contributed by atoms with van der Waals surface area (Å²) in [5.74, 6) is 4.79. The van der Waals surface area contributed by atoms with E-state index in [1.807, 2.05) is 0 Å². The maximum Gasteiger partial charge on any atom is 0.235 e. The lowest BCUT2D eigenvalue weighted by atomic mass is 10.2. The molecule has 0 aromatic rings. The van der Waals surface area contributed by atoms with E-state index in [0.29, 0.717) is 19.1 Å². The molecule has 0 saturated carbocycles. The minimum absolute atomic E-state index is 0.139. The molecule has 0 radical (unpaired) electrons. The second kappa shape index (κ2) is 5.90. The van der Waals surface area contributed by atoms with Crippen LogP contribution in [0.3, 0.4) is 0 Å². The lowest BCUT2D eigenvalue weighted by molar-refractivity contribution is -0.121. The maximum absolute atomic E-state index is 10.7. The van der Waals surface area contributed by atoms with Gasteiger partial charge in [-0.3, -0.25) is 10.2 Å². The SMILES string of the molecule is NNC(=O)CCNCC1CCCO1. The molecule has 0 bridgehead atoms. The molecule has 1 fully saturated rings. The van der Waals surface area contributed by atoms with Gasteiger partial charge in [0.2, 0.25) is 5.91 Å². The number of nitrogens with two attached hydrogens (primary N) is 1. The largest absolute Gasteiger partial charge is 0.377 e. The van der Waals surface area contributed by atoms with Crippen molar-refractivity contribution in [3.05, 3.63) is 0 Å². The zero-order chi connectivity index (χ0) is 9.52. The topological polar surface area (TPSA) is 76.4 Å². The van der Waals surface area contributed by atoms with E-state index in [1.165, 1.54) is 0 Å². The molecule has 1 aliphatic heterocycles. The van der Waals surface area contributed by atoms with Crippen LogP contribution in [0.1, 0.15) is 19.3 Å². The number of ether oxygens (including phenoxy) is 1. The van der Waals surface area contributed by atoms with Gasteiger partial charge in [0.25, 0.3) is 0 Å². The Morgan fingerprint density at radius 2 is 2.46 bits per heavy atom. The average molecular weight is 187 g/mol. The van der Waals surface area contributed by atoms with Gasteiger partial charge in [0, 0.05) is 26.1 Å². The molecule has 1 aliphatic rings. The number of nitrogens with one attached hydrogen (secondary N) is 2. The van der Waals surface area contributed by atoms with Crippen LogP contribution in [0.15, 0.2) is 0 Å². The van der Waals surface area contributed by atoms with Crippen LogP contribution in [0, 0.1) is 0 Å². The molecule has 76 valence electrons. The minimum atomic E-state index is -0.139. The molecule has 0 aliphatic carbocycles. The van der Waals surface area contributed by atoms with Crippen LogP contribution in [-0.2, 0) is 9.53 Å². The van der Waals surface area contributed by atoms with Gasteiger partial charge in [0.1, 0.15) is 0 Å². The van der Waals surface area contributed by atoms with E-state index in [4.69, 9.17) is 10.6 Å². The summed E-state index contributed by atoms with van der Waals surface area (Å²) in [7, 11) is 0. The Morgan fingerprint density at radius 3 is 3.08 bits per heavy atom. The number of carbonyl (C=O) groups is 1. The highest BCUT2D eigenvalue weighted by atomic mass is 16.5. The van der Waals surface area contributed by atoms with Gasteiger partial charge in [-0.2, -0.15) is 0 Å². The van der Waals surface area contributed by atoms with Gasteiger partial charge in [-0.05, 0) is 12.8 Å². The Hall–Kier alpha value is -0.650. The first-order chi connectivity index (χ1) is 6.33. The highest BCUT2D eigenvalue weighted by molar-refractivity contribution is 5.75. The van der Waals surface area contributed by atoms with Gasteiger partial charge in [-0.1, -0.05) is 0 Å². The van der Waals surface area contributed by atoms with Crippen LogP contribution in [0.2, 0.25) is 0 Å². The summed E-state index contributed by atoms with van der Waals surface area (Å²) in [6.45, 7) is 2.36. The van der Waals surface area contributed by atoms with Crippen molar-refractivity contribution in [2.45, 2.75) is 25.4 Å². The molecular weight excluding hydrogens is 170 g/mol. The van der Waals surface area contributed by atoms with Crippen LogP contribution in [0.5, 0.6) is 0 Å². The smallest absolute Gasteiger partial charge is 0.235 e. The van der Waals surface area contributed by atoms with E-state index in [0.717, 1.165) is 26.0 Å². The highest BCUT2D eigenvalue weighted by Gasteiger charge is 2.14. The number of amides is 1. The number of hydrazine groups is 1. The van der Waals surface area contributed by atoms with Crippen LogP contribution in [0.4, 0.5) is 0 Å². The van der Waals surface area contributed by atoms with Crippen molar-refractivity contribution in [1.29, 1.82) is 0 Å². The monoisotopic (exact) mass is 187 g/mol. The van der Waals surface area contributed by atoms with Crippen molar-refractivity contribution in [3.8, 4) is 0 Å². The van der Waals surface area contributed by atoms with Gasteiger partial charge in [-0.25, -0.2) is 5.84 Å². The number of hydrogen-bond donors (Lipinski definition) is 3. The van der Waals surface area contributed by atoms with Gasteiger partial charge in [-0.15, -0.1) is 0 Å². The van der Waals surface area contributed by atoms with E-state index < -0.39 is 0 Å². The Labute approximate surface area is 78.0 Å². The number of rotatable bonds is 5. The number of hydrogen-bond acceptors (Lipinski definition) is 4. The van der Waals surface area contributed by atoms with Crippen molar-refractivity contribution >= 4 is 5.91 Å². The average Bonchev–Trinajstić information content (AvgIpc) is 2.64. The quantitative estimate of drug-likeness (QED) is 0.226. The van der Waals surface area contributed by atoms with Crippen molar-refractivity contribution in [2.75, 3.05) is 19.7 Å². The molecule has 0 spiro atoms. The van der Waals surface area contributed by atoms with Crippen LogP contribution < -0.4 is 16.6 Å².